The fraction of sp³-hybridized carbons (Fsp3) is 0. The van der Waals surface area contributed by atoms with Crippen molar-refractivity contribution in [3.63, 3.8) is 0 Å². The first-order valence-corrected chi connectivity index (χ1v) is 5.19. The standard InChI is InChI=1S/C8H4FIOS/c9-5-1-4(11)2-7-8(5)6(10)3-12-7/h1-3,11H. The molecule has 0 radical (unpaired) electrons. The van der Waals surface area contributed by atoms with Gasteiger partial charge < -0.3 is 5.11 Å². The molecule has 4 heteroatoms. The maximum absolute atomic E-state index is 13.2. The molecule has 0 saturated heterocycles. The molecule has 2 rings (SSSR count). The van der Waals surface area contributed by atoms with Gasteiger partial charge in [0.1, 0.15) is 11.6 Å². The van der Waals surface area contributed by atoms with Crippen molar-refractivity contribution in [2.75, 3.05) is 0 Å². The molecule has 1 aromatic heterocycles. The summed E-state index contributed by atoms with van der Waals surface area (Å²) in [4.78, 5) is 0. The molecule has 0 aliphatic rings. The van der Waals surface area contributed by atoms with Gasteiger partial charge in [-0.1, -0.05) is 0 Å². The van der Waals surface area contributed by atoms with Gasteiger partial charge in [-0.25, -0.2) is 4.39 Å². The summed E-state index contributed by atoms with van der Waals surface area (Å²) >= 11 is 3.51. The van der Waals surface area contributed by atoms with Gasteiger partial charge in [0.25, 0.3) is 0 Å². The minimum atomic E-state index is -0.351. The van der Waals surface area contributed by atoms with Crippen molar-refractivity contribution in [3.8, 4) is 5.75 Å². The lowest BCUT2D eigenvalue weighted by molar-refractivity contribution is 0.471. The zero-order chi connectivity index (χ0) is 8.72. The fourth-order valence-electron chi connectivity index (χ4n) is 1.07. The van der Waals surface area contributed by atoms with E-state index in [0.29, 0.717) is 5.39 Å². The van der Waals surface area contributed by atoms with Crippen molar-refractivity contribution in [3.05, 3.63) is 26.9 Å². The van der Waals surface area contributed by atoms with E-state index in [1.807, 2.05) is 5.38 Å². The third-order valence-electron chi connectivity index (χ3n) is 1.57. The minimum absolute atomic E-state index is 0.0155. The van der Waals surface area contributed by atoms with Gasteiger partial charge in [-0.15, -0.1) is 11.3 Å². The average Bonchev–Trinajstić information content (AvgIpc) is 2.31. The van der Waals surface area contributed by atoms with Gasteiger partial charge in [0, 0.05) is 25.1 Å². The lowest BCUT2D eigenvalue weighted by atomic mass is 10.2. The number of phenolic OH excluding ortho intramolecular Hbond substituents is 1. The quantitative estimate of drug-likeness (QED) is 0.739. The van der Waals surface area contributed by atoms with Gasteiger partial charge in [-0.05, 0) is 28.7 Å². The number of aromatic hydroxyl groups is 1. The molecule has 0 aliphatic heterocycles. The Morgan fingerprint density at radius 1 is 1.42 bits per heavy atom. The number of hydrogen-bond donors (Lipinski definition) is 1. The molecule has 0 fully saturated rings. The normalized spacial score (nSPS) is 10.8. The summed E-state index contributed by atoms with van der Waals surface area (Å²) in [6, 6.07) is 2.71. The van der Waals surface area contributed by atoms with Crippen LogP contribution in [0.3, 0.4) is 0 Å². The summed E-state index contributed by atoms with van der Waals surface area (Å²) in [5.41, 5.74) is 0. The zero-order valence-electron chi connectivity index (χ0n) is 5.84. The number of fused-ring (bicyclic) bond motifs is 1. The third-order valence-corrected chi connectivity index (χ3v) is 3.77. The average molecular weight is 294 g/mol. The van der Waals surface area contributed by atoms with Crippen molar-refractivity contribution in [1.82, 2.24) is 0 Å². The zero-order valence-corrected chi connectivity index (χ0v) is 8.82. The lowest BCUT2D eigenvalue weighted by Crippen LogP contribution is -1.76. The molecule has 0 unspecified atom stereocenters. The second-order valence-electron chi connectivity index (χ2n) is 2.38. The summed E-state index contributed by atoms with van der Waals surface area (Å²) in [5, 5.41) is 11.6. The highest BCUT2D eigenvalue weighted by atomic mass is 127. The van der Waals surface area contributed by atoms with Crippen molar-refractivity contribution in [1.29, 1.82) is 0 Å². The second kappa shape index (κ2) is 2.85. The van der Waals surface area contributed by atoms with E-state index < -0.39 is 0 Å². The molecule has 62 valence electrons. The van der Waals surface area contributed by atoms with E-state index in [2.05, 4.69) is 22.6 Å². The van der Waals surface area contributed by atoms with E-state index in [-0.39, 0.29) is 11.6 Å². The van der Waals surface area contributed by atoms with E-state index >= 15 is 0 Å². The molecule has 0 atom stereocenters. The van der Waals surface area contributed by atoms with Crippen LogP contribution in [0.15, 0.2) is 17.5 Å². The Labute approximate surface area is 86.0 Å². The molecule has 0 aliphatic carbocycles. The van der Waals surface area contributed by atoms with E-state index in [9.17, 15) is 4.39 Å². The fourth-order valence-corrected chi connectivity index (χ4v) is 3.04. The van der Waals surface area contributed by atoms with Crippen LogP contribution in [-0.2, 0) is 0 Å². The second-order valence-corrected chi connectivity index (χ2v) is 4.46. The first kappa shape index (κ1) is 8.25. The topological polar surface area (TPSA) is 20.2 Å². The molecule has 2 aromatic rings. The number of thiophene rings is 1. The van der Waals surface area contributed by atoms with Crippen molar-refractivity contribution in [2.24, 2.45) is 0 Å². The van der Waals surface area contributed by atoms with E-state index in [4.69, 9.17) is 5.11 Å². The van der Waals surface area contributed by atoms with Crippen LogP contribution in [-0.4, -0.2) is 5.11 Å². The maximum Gasteiger partial charge on any atom is 0.136 e. The van der Waals surface area contributed by atoms with E-state index in [0.717, 1.165) is 14.3 Å². The Balaban J connectivity index is 2.93. The maximum atomic E-state index is 13.2. The number of phenols is 1. The van der Waals surface area contributed by atoms with Gasteiger partial charge in [0.05, 0.1) is 0 Å². The monoisotopic (exact) mass is 294 g/mol. The van der Waals surface area contributed by atoms with Crippen LogP contribution in [0.5, 0.6) is 5.75 Å². The summed E-state index contributed by atoms with van der Waals surface area (Å²) in [6.07, 6.45) is 0. The minimum Gasteiger partial charge on any atom is -0.508 e. The SMILES string of the molecule is Oc1cc(F)c2c(I)csc2c1. The van der Waals surface area contributed by atoms with Crippen LogP contribution in [0.1, 0.15) is 0 Å². The van der Waals surface area contributed by atoms with Crippen LogP contribution in [0.25, 0.3) is 10.1 Å². The molecule has 1 heterocycles. The van der Waals surface area contributed by atoms with Crippen LogP contribution in [0, 0.1) is 9.39 Å². The number of rotatable bonds is 0. The van der Waals surface area contributed by atoms with Gasteiger partial charge in [0.15, 0.2) is 0 Å². The summed E-state index contributed by atoms with van der Waals surface area (Å²) < 4.78 is 14.9. The Morgan fingerprint density at radius 3 is 2.92 bits per heavy atom. The summed E-state index contributed by atoms with van der Waals surface area (Å²) in [5.74, 6) is -0.367. The molecule has 1 nitrogen and oxygen atoms in total. The highest BCUT2D eigenvalue weighted by Crippen LogP contribution is 2.32. The molecule has 0 spiro atoms. The highest BCUT2D eigenvalue weighted by Gasteiger charge is 2.08. The van der Waals surface area contributed by atoms with E-state index in [1.54, 1.807) is 6.07 Å². The van der Waals surface area contributed by atoms with Crippen molar-refractivity contribution in [2.45, 2.75) is 0 Å². The lowest BCUT2D eigenvalue weighted by Gasteiger charge is -1.94. The van der Waals surface area contributed by atoms with Crippen LogP contribution < -0.4 is 0 Å². The van der Waals surface area contributed by atoms with E-state index in [1.165, 1.54) is 11.3 Å². The first-order valence-electron chi connectivity index (χ1n) is 3.23. The molecule has 12 heavy (non-hydrogen) atoms. The third kappa shape index (κ3) is 1.19. The number of hydrogen-bond acceptors (Lipinski definition) is 2. The summed E-state index contributed by atoms with van der Waals surface area (Å²) in [6.45, 7) is 0. The smallest absolute Gasteiger partial charge is 0.136 e. The predicted molar refractivity (Wildman–Crippen MR) is 56.2 cm³/mol. The molecular weight excluding hydrogens is 290 g/mol. The molecule has 0 saturated carbocycles. The molecule has 0 amide bonds. The first-order chi connectivity index (χ1) is 5.68. The summed E-state index contributed by atoms with van der Waals surface area (Å²) in [7, 11) is 0. The van der Waals surface area contributed by atoms with Crippen molar-refractivity contribution >= 4 is 44.0 Å². The van der Waals surface area contributed by atoms with Gasteiger partial charge in [-0.3, -0.25) is 0 Å². The number of halogens is 2. The van der Waals surface area contributed by atoms with Crippen LogP contribution in [0.2, 0.25) is 0 Å². The van der Waals surface area contributed by atoms with Crippen LogP contribution in [0.4, 0.5) is 4.39 Å². The van der Waals surface area contributed by atoms with Crippen molar-refractivity contribution < 1.29 is 9.50 Å². The van der Waals surface area contributed by atoms with Gasteiger partial charge in [0.2, 0.25) is 0 Å². The Morgan fingerprint density at radius 2 is 2.17 bits per heavy atom. The molecule has 0 bridgehead atoms. The highest BCUT2D eigenvalue weighted by molar-refractivity contribution is 14.1. The Bertz CT molecular complexity index is 438. The largest absolute Gasteiger partial charge is 0.508 e. The van der Waals surface area contributed by atoms with Crippen LogP contribution >= 0.6 is 33.9 Å². The molecular formula is C8H4FIOS. The Kier molecular flexibility index (Phi) is 1.96. The predicted octanol–water partition coefficient (Wildman–Crippen LogP) is 3.35. The molecule has 1 aromatic carbocycles. The number of benzene rings is 1. The van der Waals surface area contributed by atoms with Gasteiger partial charge in [-0.2, -0.15) is 0 Å². The van der Waals surface area contributed by atoms with Gasteiger partial charge >= 0.3 is 0 Å². The Hall–Kier alpha value is -0.360. The molecule has 1 N–H and O–H groups in total.